The normalized spacial score (nSPS) is 12.0. The molecule has 0 aliphatic rings. The Bertz CT molecular complexity index is 43.0. The van der Waals surface area contributed by atoms with Crippen LogP contribution in [0.4, 0.5) is 0 Å². The first-order valence-corrected chi connectivity index (χ1v) is 4.67. The first-order valence-electron chi connectivity index (χ1n) is 2.15. The first kappa shape index (κ1) is 7.70. The fourth-order valence-corrected chi connectivity index (χ4v) is 3.92. The third-order valence-electron chi connectivity index (χ3n) is 0.327. The highest BCUT2D eigenvalue weighted by atomic mass is 32.2. The van der Waals surface area contributed by atoms with Crippen molar-refractivity contribution in [2.24, 2.45) is 0 Å². The van der Waals surface area contributed by atoms with Gasteiger partial charge in [0.15, 0.2) is 0 Å². The standard InChI is InChI=1S/C2H12N2SSi2/c1-3(6)5-4(2)7/h1-2,6-7H3. The van der Waals surface area contributed by atoms with Gasteiger partial charge in [-0.25, -0.2) is 0 Å². The van der Waals surface area contributed by atoms with Crippen molar-refractivity contribution < 1.29 is 0 Å². The van der Waals surface area contributed by atoms with Crippen molar-refractivity contribution in [3.63, 3.8) is 0 Å². The Morgan fingerprint density at radius 2 is 1.43 bits per heavy atom. The Kier molecular flexibility index (Phi) is 4.04. The van der Waals surface area contributed by atoms with Gasteiger partial charge in [0.1, 0.15) is 0 Å². The highest BCUT2D eigenvalue weighted by Crippen LogP contribution is 2.02. The predicted octanol–water partition coefficient (Wildman–Crippen LogP) is -2.03. The maximum atomic E-state index is 2.22. The van der Waals surface area contributed by atoms with Gasteiger partial charge in [0, 0.05) is 0 Å². The Morgan fingerprint density at radius 3 is 1.43 bits per heavy atom. The third-order valence-corrected chi connectivity index (χ3v) is 1.96. The molecule has 0 aliphatic carbocycles. The molecule has 0 amide bonds. The zero-order valence-electron chi connectivity index (χ0n) is 5.30. The molecule has 7 heavy (non-hydrogen) atoms. The molecule has 0 aromatic heterocycles. The lowest BCUT2D eigenvalue weighted by Crippen LogP contribution is -2.13. The SMILES string of the molecule is CN([SiH3])SN(C)[SiH3]. The maximum absolute atomic E-state index is 2.22. The van der Waals surface area contributed by atoms with Gasteiger partial charge in [-0.2, -0.15) is 0 Å². The van der Waals surface area contributed by atoms with Crippen molar-refractivity contribution in [3.05, 3.63) is 0 Å². The summed E-state index contributed by atoms with van der Waals surface area (Å²) < 4.78 is 4.43. The van der Waals surface area contributed by atoms with Crippen LogP contribution < -0.4 is 0 Å². The van der Waals surface area contributed by atoms with E-state index in [4.69, 9.17) is 0 Å². The van der Waals surface area contributed by atoms with Crippen LogP contribution >= 0.6 is 12.1 Å². The Balaban J connectivity index is 2.95. The summed E-state index contributed by atoms with van der Waals surface area (Å²) in [5.41, 5.74) is 0. The highest BCUT2D eigenvalue weighted by molar-refractivity contribution is 7.96. The van der Waals surface area contributed by atoms with E-state index in [1.54, 1.807) is 12.1 Å². The minimum Gasteiger partial charge on any atom is -0.273 e. The third kappa shape index (κ3) is 6.70. The molecule has 0 aromatic rings. The Hall–Kier alpha value is 0.704. The van der Waals surface area contributed by atoms with E-state index in [9.17, 15) is 0 Å². The minimum atomic E-state index is 1.14. The second-order valence-corrected chi connectivity index (χ2v) is 7.31. The number of hydrogen-bond donors (Lipinski definition) is 0. The monoisotopic (exact) mass is 152 g/mol. The maximum Gasteiger partial charge on any atom is 0.0939 e. The smallest absolute Gasteiger partial charge is 0.0939 e. The summed E-state index contributed by atoms with van der Waals surface area (Å²) >= 11 is 1.80. The second-order valence-electron chi connectivity index (χ2n) is 1.71. The molecule has 2 nitrogen and oxygen atoms in total. The van der Waals surface area contributed by atoms with Crippen LogP contribution in [0.15, 0.2) is 0 Å². The number of nitrogens with zero attached hydrogens (tertiary/aromatic N) is 2. The highest BCUT2D eigenvalue weighted by Gasteiger charge is 1.88. The van der Waals surface area contributed by atoms with Crippen LogP contribution in [0.3, 0.4) is 0 Å². The van der Waals surface area contributed by atoms with E-state index in [1.165, 1.54) is 0 Å². The lowest BCUT2D eigenvalue weighted by atomic mass is 11.6. The molecule has 0 spiro atoms. The van der Waals surface area contributed by atoms with Gasteiger partial charge < -0.3 is 0 Å². The minimum absolute atomic E-state index is 1.14. The lowest BCUT2D eigenvalue weighted by Gasteiger charge is -2.13. The van der Waals surface area contributed by atoms with Crippen molar-refractivity contribution in [3.8, 4) is 0 Å². The molecular formula is C2H12N2SSi2. The van der Waals surface area contributed by atoms with Gasteiger partial charge in [0.2, 0.25) is 0 Å². The van der Waals surface area contributed by atoms with E-state index in [1.807, 2.05) is 0 Å². The first-order chi connectivity index (χ1) is 3.13. The van der Waals surface area contributed by atoms with Gasteiger partial charge in [-0.05, 0) is 26.2 Å². The summed E-state index contributed by atoms with van der Waals surface area (Å²) in [6, 6.07) is 0. The van der Waals surface area contributed by atoms with Crippen LogP contribution in [0.1, 0.15) is 0 Å². The van der Waals surface area contributed by atoms with Gasteiger partial charge in [-0.3, -0.25) is 7.94 Å². The van der Waals surface area contributed by atoms with Gasteiger partial charge in [0.05, 0.1) is 20.8 Å². The molecule has 0 aliphatic heterocycles. The van der Waals surface area contributed by atoms with Crippen LogP contribution in [0.2, 0.25) is 0 Å². The largest absolute Gasteiger partial charge is 0.273 e. The molecule has 5 heteroatoms. The van der Waals surface area contributed by atoms with Crippen LogP contribution in [-0.2, 0) is 0 Å². The van der Waals surface area contributed by atoms with Crippen molar-refractivity contribution in [1.82, 2.24) is 7.94 Å². The zero-order valence-corrected chi connectivity index (χ0v) is 10.1. The quantitative estimate of drug-likeness (QED) is 0.333. The van der Waals surface area contributed by atoms with E-state index >= 15 is 0 Å². The Morgan fingerprint density at radius 1 is 1.14 bits per heavy atom. The molecule has 0 atom stereocenters. The molecule has 0 fully saturated rings. The van der Waals surface area contributed by atoms with E-state index < -0.39 is 0 Å². The molecule has 0 N–H and O–H groups in total. The van der Waals surface area contributed by atoms with Gasteiger partial charge in [-0.15, -0.1) is 0 Å². The van der Waals surface area contributed by atoms with Gasteiger partial charge >= 0.3 is 0 Å². The summed E-state index contributed by atoms with van der Waals surface area (Å²) in [6.45, 7) is 0. The average Bonchev–Trinajstić information content (AvgIpc) is 1.27. The van der Waals surface area contributed by atoms with Crippen molar-refractivity contribution in [1.29, 1.82) is 0 Å². The van der Waals surface area contributed by atoms with Crippen LogP contribution in [0.5, 0.6) is 0 Å². The lowest BCUT2D eigenvalue weighted by molar-refractivity contribution is 0.823. The molecule has 0 aromatic carbocycles. The van der Waals surface area contributed by atoms with Crippen LogP contribution in [0.25, 0.3) is 0 Å². The van der Waals surface area contributed by atoms with E-state index in [0.717, 1.165) is 20.8 Å². The molecule has 0 saturated carbocycles. The zero-order chi connectivity index (χ0) is 5.86. The fourth-order valence-electron chi connectivity index (χ4n) is 0.327. The van der Waals surface area contributed by atoms with E-state index in [-0.39, 0.29) is 0 Å². The van der Waals surface area contributed by atoms with Crippen LogP contribution in [0, 0.1) is 0 Å². The topological polar surface area (TPSA) is 6.48 Å². The molecular weight excluding hydrogens is 140 g/mol. The fraction of sp³-hybridized carbons (Fsp3) is 1.00. The molecule has 44 valence electrons. The number of hydrogen-bond acceptors (Lipinski definition) is 3. The Labute approximate surface area is 55.5 Å². The molecule has 0 saturated heterocycles. The summed E-state index contributed by atoms with van der Waals surface area (Å²) in [4.78, 5) is 0. The summed E-state index contributed by atoms with van der Waals surface area (Å²) in [5, 5.41) is 0. The average molecular weight is 152 g/mol. The van der Waals surface area contributed by atoms with Crippen molar-refractivity contribution in [2.75, 3.05) is 14.1 Å². The molecule has 0 bridgehead atoms. The number of rotatable bonds is 2. The molecule has 0 radical (unpaired) electrons. The molecule has 0 heterocycles. The summed E-state index contributed by atoms with van der Waals surface area (Å²) in [5.74, 6) is 0. The predicted molar refractivity (Wildman–Crippen MR) is 43.0 cm³/mol. The summed E-state index contributed by atoms with van der Waals surface area (Å²) in [6.07, 6.45) is 0. The molecule has 0 rings (SSSR count). The molecule has 0 unspecified atom stereocenters. The summed E-state index contributed by atoms with van der Waals surface area (Å²) in [7, 11) is 6.49. The van der Waals surface area contributed by atoms with Crippen LogP contribution in [-0.4, -0.2) is 42.8 Å². The van der Waals surface area contributed by atoms with Gasteiger partial charge in [0.25, 0.3) is 0 Å². The van der Waals surface area contributed by atoms with E-state index in [0.29, 0.717) is 0 Å². The van der Waals surface area contributed by atoms with Crippen molar-refractivity contribution >= 4 is 32.9 Å². The van der Waals surface area contributed by atoms with E-state index in [2.05, 4.69) is 22.0 Å². The van der Waals surface area contributed by atoms with Gasteiger partial charge in [-0.1, -0.05) is 0 Å². The van der Waals surface area contributed by atoms with Crippen molar-refractivity contribution in [2.45, 2.75) is 0 Å². The second kappa shape index (κ2) is 3.67.